The van der Waals surface area contributed by atoms with Gasteiger partial charge < -0.3 is 10.6 Å². The van der Waals surface area contributed by atoms with E-state index in [-0.39, 0.29) is 11.9 Å². The first-order valence-corrected chi connectivity index (χ1v) is 6.42. The van der Waals surface area contributed by atoms with E-state index < -0.39 is 6.04 Å². The molecule has 1 amide bonds. The number of β-lactam (4-membered cyclic amide) rings is 1. The molecule has 3 heteroatoms. The largest absolute Gasteiger partial charge is 0.328 e. The van der Waals surface area contributed by atoms with Gasteiger partial charge in [0.2, 0.25) is 5.91 Å². The van der Waals surface area contributed by atoms with Crippen molar-refractivity contribution in [3.05, 3.63) is 71.8 Å². The van der Waals surface area contributed by atoms with E-state index in [9.17, 15) is 4.79 Å². The summed E-state index contributed by atoms with van der Waals surface area (Å²) in [7, 11) is 0. The van der Waals surface area contributed by atoms with Crippen LogP contribution in [-0.2, 0) is 11.3 Å². The van der Waals surface area contributed by atoms with Gasteiger partial charge in [-0.1, -0.05) is 60.7 Å². The number of hydrogen-bond acceptors (Lipinski definition) is 2. The molecule has 2 N–H and O–H groups in total. The van der Waals surface area contributed by atoms with Gasteiger partial charge in [-0.05, 0) is 11.1 Å². The molecular weight excluding hydrogens is 236 g/mol. The van der Waals surface area contributed by atoms with Crippen molar-refractivity contribution < 1.29 is 4.79 Å². The van der Waals surface area contributed by atoms with E-state index in [4.69, 9.17) is 5.73 Å². The van der Waals surface area contributed by atoms with Gasteiger partial charge in [0.1, 0.15) is 6.04 Å². The van der Waals surface area contributed by atoms with Crippen LogP contribution in [0.2, 0.25) is 0 Å². The fourth-order valence-electron chi connectivity index (χ4n) is 2.57. The molecule has 0 spiro atoms. The minimum Gasteiger partial charge on any atom is -0.328 e. The van der Waals surface area contributed by atoms with Gasteiger partial charge in [0.15, 0.2) is 0 Å². The van der Waals surface area contributed by atoms with Gasteiger partial charge in [-0.2, -0.15) is 0 Å². The van der Waals surface area contributed by atoms with E-state index in [0.717, 1.165) is 11.1 Å². The molecule has 3 rings (SSSR count). The second-order valence-corrected chi connectivity index (χ2v) is 4.83. The van der Waals surface area contributed by atoms with Crippen molar-refractivity contribution in [2.24, 2.45) is 5.73 Å². The smallest absolute Gasteiger partial charge is 0.242 e. The lowest BCUT2D eigenvalue weighted by atomic mass is 9.88. The second-order valence-electron chi connectivity index (χ2n) is 4.83. The molecule has 0 saturated carbocycles. The summed E-state index contributed by atoms with van der Waals surface area (Å²) in [4.78, 5) is 13.8. The molecule has 2 atom stereocenters. The van der Waals surface area contributed by atoms with Crippen molar-refractivity contribution in [1.29, 1.82) is 0 Å². The molecule has 1 heterocycles. The molecule has 0 bridgehead atoms. The molecule has 3 nitrogen and oxygen atoms in total. The molecule has 1 aliphatic rings. The summed E-state index contributed by atoms with van der Waals surface area (Å²) < 4.78 is 0. The predicted molar refractivity (Wildman–Crippen MR) is 74.2 cm³/mol. The molecule has 0 aromatic heterocycles. The third-order valence-electron chi connectivity index (χ3n) is 3.58. The number of carbonyl (C=O) groups is 1. The Balaban J connectivity index is 1.82. The van der Waals surface area contributed by atoms with Crippen molar-refractivity contribution in [1.82, 2.24) is 4.90 Å². The summed E-state index contributed by atoms with van der Waals surface area (Å²) in [6, 6.07) is 19.5. The second kappa shape index (κ2) is 4.86. The minimum absolute atomic E-state index is 0.00564. The maximum atomic E-state index is 12.0. The summed E-state index contributed by atoms with van der Waals surface area (Å²) in [5, 5.41) is 0. The first-order valence-electron chi connectivity index (χ1n) is 6.42. The van der Waals surface area contributed by atoms with Crippen LogP contribution in [-0.4, -0.2) is 16.8 Å². The van der Waals surface area contributed by atoms with Gasteiger partial charge in [-0.25, -0.2) is 0 Å². The molecule has 2 aromatic rings. The van der Waals surface area contributed by atoms with Crippen LogP contribution in [0.4, 0.5) is 0 Å². The fraction of sp³-hybridized carbons (Fsp3) is 0.188. The molecule has 96 valence electrons. The Labute approximate surface area is 112 Å². The standard InChI is InChI=1S/C16H16N2O/c17-14-15(13-9-5-2-6-10-13)18(16(14)19)11-12-7-3-1-4-8-12/h1-10,14-15H,11,17H2/t14-,15-/m0/s1. The minimum atomic E-state index is -0.411. The summed E-state index contributed by atoms with van der Waals surface area (Å²) in [5.41, 5.74) is 8.18. The van der Waals surface area contributed by atoms with E-state index in [1.807, 2.05) is 65.6 Å². The lowest BCUT2D eigenvalue weighted by Gasteiger charge is -2.45. The lowest BCUT2D eigenvalue weighted by molar-refractivity contribution is -0.150. The number of benzene rings is 2. The number of amides is 1. The number of nitrogens with two attached hydrogens (primary N) is 1. The van der Waals surface area contributed by atoms with Crippen molar-refractivity contribution in [3.63, 3.8) is 0 Å². The molecule has 0 radical (unpaired) electrons. The number of rotatable bonds is 3. The van der Waals surface area contributed by atoms with E-state index in [0.29, 0.717) is 6.54 Å². The van der Waals surface area contributed by atoms with Crippen LogP contribution in [0.5, 0.6) is 0 Å². The Kier molecular flexibility index (Phi) is 3.05. The highest BCUT2D eigenvalue weighted by Gasteiger charge is 2.45. The van der Waals surface area contributed by atoms with Gasteiger partial charge in [-0.3, -0.25) is 4.79 Å². The Bertz CT molecular complexity index is 568. The summed E-state index contributed by atoms with van der Waals surface area (Å²) >= 11 is 0. The normalized spacial score (nSPS) is 22.2. The summed E-state index contributed by atoms with van der Waals surface area (Å²) in [5.74, 6) is 0.0257. The van der Waals surface area contributed by atoms with Crippen molar-refractivity contribution in [2.45, 2.75) is 18.6 Å². The average Bonchev–Trinajstić information content (AvgIpc) is 2.48. The molecule has 1 fully saturated rings. The maximum absolute atomic E-state index is 12.0. The first kappa shape index (κ1) is 11.9. The van der Waals surface area contributed by atoms with Gasteiger partial charge in [0, 0.05) is 6.54 Å². The van der Waals surface area contributed by atoms with Crippen LogP contribution in [0.25, 0.3) is 0 Å². The lowest BCUT2D eigenvalue weighted by Crippen LogP contribution is -2.62. The van der Waals surface area contributed by atoms with Crippen LogP contribution < -0.4 is 5.73 Å². The molecule has 2 aromatic carbocycles. The van der Waals surface area contributed by atoms with E-state index in [1.165, 1.54) is 0 Å². The molecule has 1 aliphatic heterocycles. The number of carbonyl (C=O) groups excluding carboxylic acids is 1. The summed E-state index contributed by atoms with van der Waals surface area (Å²) in [6.07, 6.45) is 0. The predicted octanol–water partition coefficient (Wildman–Crippen LogP) is 2.10. The van der Waals surface area contributed by atoms with E-state index >= 15 is 0 Å². The zero-order chi connectivity index (χ0) is 13.2. The number of nitrogens with zero attached hydrogens (tertiary/aromatic N) is 1. The molecule has 0 unspecified atom stereocenters. The monoisotopic (exact) mass is 252 g/mol. The Morgan fingerprint density at radius 3 is 2.16 bits per heavy atom. The van der Waals surface area contributed by atoms with Gasteiger partial charge in [0.05, 0.1) is 6.04 Å². The van der Waals surface area contributed by atoms with E-state index in [2.05, 4.69) is 0 Å². The quantitative estimate of drug-likeness (QED) is 0.850. The highest BCUT2D eigenvalue weighted by molar-refractivity contribution is 5.89. The first-order chi connectivity index (χ1) is 9.27. The fourth-order valence-corrected chi connectivity index (χ4v) is 2.57. The van der Waals surface area contributed by atoms with Gasteiger partial charge >= 0.3 is 0 Å². The van der Waals surface area contributed by atoms with Crippen LogP contribution in [0.1, 0.15) is 17.2 Å². The molecular formula is C16H16N2O. The van der Waals surface area contributed by atoms with E-state index in [1.54, 1.807) is 0 Å². The molecule has 19 heavy (non-hydrogen) atoms. The SMILES string of the molecule is N[C@@H]1C(=O)N(Cc2ccccc2)[C@H]1c1ccccc1. The average molecular weight is 252 g/mol. The Hall–Kier alpha value is -2.13. The maximum Gasteiger partial charge on any atom is 0.242 e. The molecule has 1 saturated heterocycles. The van der Waals surface area contributed by atoms with Crippen LogP contribution >= 0.6 is 0 Å². The third kappa shape index (κ3) is 2.13. The van der Waals surface area contributed by atoms with Crippen molar-refractivity contribution in [2.75, 3.05) is 0 Å². The Morgan fingerprint density at radius 2 is 1.53 bits per heavy atom. The third-order valence-corrected chi connectivity index (χ3v) is 3.58. The number of hydrogen-bond donors (Lipinski definition) is 1. The summed E-state index contributed by atoms with van der Waals surface area (Å²) in [6.45, 7) is 0.618. The highest BCUT2D eigenvalue weighted by atomic mass is 16.2. The van der Waals surface area contributed by atoms with Crippen molar-refractivity contribution >= 4 is 5.91 Å². The van der Waals surface area contributed by atoms with Gasteiger partial charge in [0.25, 0.3) is 0 Å². The zero-order valence-corrected chi connectivity index (χ0v) is 10.6. The van der Waals surface area contributed by atoms with Gasteiger partial charge in [-0.15, -0.1) is 0 Å². The highest BCUT2D eigenvalue weighted by Crippen LogP contribution is 2.34. The van der Waals surface area contributed by atoms with Crippen LogP contribution in [0, 0.1) is 0 Å². The number of likely N-dealkylation sites (tertiary alicyclic amines) is 1. The molecule has 0 aliphatic carbocycles. The zero-order valence-electron chi connectivity index (χ0n) is 10.6. The Morgan fingerprint density at radius 1 is 0.947 bits per heavy atom. The van der Waals surface area contributed by atoms with Crippen LogP contribution in [0.3, 0.4) is 0 Å². The van der Waals surface area contributed by atoms with Crippen molar-refractivity contribution in [3.8, 4) is 0 Å². The topological polar surface area (TPSA) is 46.3 Å². The van der Waals surface area contributed by atoms with Crippen LogP contribution in [0.15, 0.2) is 60.7 Å².